The highest BCUT2D eigenvalue weighted by Crippen LogP contribution is 2.30. The molecule has 2 rings (SSSR count). The van der Waals surface area contributed by atoms with E-state index in [0.717, 1.165) is 14.9 Å². The molecule has 0 aliphatic heterocycles. The van der Waals surface area contributed by atoms with Gasteiger partial charge in [-0.05, 0) is 40.8 Å². The van der Waals surface area contributed by atoms with Crippen LogP contribution >= 0.6 is 45.5 Å². The first kappa shape index (κ1) is 15.2. The Morgan fingerprint density at radius 1 is 1.45 bits per heavy atom. The minimum atomic E-state index is -1.23. The van der Waals surface area contributed by atoms with Crippen molar-refractivity contribution in [3.63, 3.8) is 0 Å². The Balaban J connectivity index is 2.37. The van der Waals surface area contributed by atoms with E-state index in [2.05, 4.69) is 32.9 Å². The van der Waals surface area contributed by atoms with Gasteiger partial charge in [-0.3, -0.25) is 4.79 Å². The average Bonchev–Trinajstić information content (AvgIpc) is 2.77. The lowest BCUT2D eigenvalue weighted by Gasteiger charge is -2.05. The molecule has 0 saturated heterocycles. The fraction of sp³-hybridized carbons (Fsp3) is 0.0833. The van der Waals surface area contributed by atoms with Crippen LogP contribution in [0.4, 0.5) is 10.8 Å². The molecular formula is C12H8ClIN2O3S. The van der Waals surface area contributed by atoms with E-state index in [9.17, 15) is 9.59 Å². The van der Waals surface area contributed by atoms with E-state index >= 15 is 0 Å². The Bertz CT molecular complexity index is 671. The second-order valence-corrected chi connectivity index (χ2v) is 6.46. The fourth-order valence-corrected chi connectivity index (χ4v) is 3.23. The number of halogens is 2. The number of anilines is 2. The third-order valence-corrected chi connectivity index (χ3v) is 4.38. The number of nitrogens with zero attached hydrogens (tertiary/aromatic N) is 1. The van der Waals surface area contributed by atoms with Crippen LogP contribution in [-0.2, 0) is 0 Å². The Morgan fingerprint density at radius 3 is 2.65 bits per heavy atom. The number of Topliss-reactive ketones (excluding diaryl/α,β-unsaturated/α-hetero) is 1. The van der Waals surface area contributed by atoms with Crippen LogP contribution in [0.2, 0.25) is 5.02 Å². The molecule has 2 aromatic rings. The standard InChI is InChI=1S/C12H8ClIN2O3S/c1-5(17)10-9(11(18)19)16-12(20-10)15-8-3-2-6(14)4-7(8)13/h2-4H,1H3,(H,15,16)(H,18,19). The van der Waals surface area contributed by atoms with Crippen molar-refractivity contribution >= 4 is 68.1 Å². The van der Waals surface area contributed by atoms with Gasteiger partial charge in [0.15, 0.2) is 16.6 Å². The molecule has 0 bridgehead atoms. The molecular weight excluding hydrogens is 415 g/mol. The summed E-state index contributed by atoms with van der Waals surface area (Å²) in [5.74, 6) is -1.56. The zero-order chi connectivity index (χ0) is 14.9. The number of hydrogen-bond acceptors (Lipinski definition) is 5. The number of carbonyl (C=O) groups is 2. The van der Waals surface area contributed by atoms with Crippen LogP contribution in [0.1, 0.15) is 27.1 Å². The van der Waals surface area contributed by atoms with E-state index in [-0.39, 0.29) is 16.4 Å². The number of nitrogens with one attached hydrogen (secondary N) is 1. The fourth-order valence-electron chi connectivity index (χ4n) is 1.46. The summed E-state index contributed by atoms with van der Waals surface area (Å²) in [6, 6.07) is 5.38. The van der Waals surface area contributed by atoms with Crippen molar-refractivity contribution in [2.45, 2.75) is 6.92 Å². The summed E-state index contributed by atoms with van der Waals surface area (Å²) in [7, 11) is 0. The van der Waals surface area contributed by atoms with Gasteiger partial charge < -0.3 is 10.4 Å². The molecule has 1 heterocycles. The summed E-state index contributed by atoms with van der Waals surface area (Å²) >= 11 is 9.20. The number of benzene rings is 1. The largest absolute Gasteiger partial charge is 0.476 e. The summed E-state index contributed by atoms with van der Waals surface area (Å²) < 4.78 is 0.980. The van der Waals surface area contributed by atoms with Gasteiger partial charge in [-0.25, -0.2) is 9.78 Å². The van der Waals surface area contributed by atoms with Crippen LogP contribution in [0.5, 0.6) is 0 Å². The quantitative estimate of drug-likeness (QED) is 0.574. The van der Waals surface area contributed by atoms with E-state index in [0.29, 0.717) is 15.8 Å². The van der Waals surface area contributed by atoms with E-state index in [1.165, 1.54) is 6.92 Å². The number of aromatic nitrogens is 1. The van der Waals surface area contributed by atoms with Crippen LogP contribution in [0.3, 0.4) is 0 Å². The number of hydrogen-bond donors (Lipinski definition) is 2. The minimum Gasteiger partial charge on any atom is -0.476 e. The third-order valence-electron chi connectivity index (χ3n) is 2.32. The van der Waals surface area contributed by atoms with Gasteiger partial charge in [-0.2, -0.15) is 0 Å². The maximum atomic E-state index is 11.4. The molecule has 0 aliphatic carbocycles. The van der Waals surface area contributed by atoms with Crippen molar-refractivity contribution < 1.29 is 14.7 Å². The first-order valence-corrected chi connectivity index (χ1v) is 7.63. The predicted octanol–water partition coefficient (Wildman–Crippen LogP) is 4.05. The summed E-state index contributed by atoms with van der Waals surface area (Å²) in [4.78, 5) is 26.5. The maximum absolute atomic E-state index is 11.4. The Morgan fingerprint density at radius 2 is 2.15 bits per heavy atom. The van der Waals surface area contributed by atoms with Gasteiger partial charge in [0.25, 0.3) is 0 Å². The highest BCUT2D eigenvalue weighted by Gasteiger charge is 2.20. The van der Waals surface area contributed by atoms with Gasteiger partial charge in [-0.1, -0.05) is 22.9 Å². The smallest absolute Gasteiger partial charge is 0.356 e. The molecule has 0 atom stereocenters. The van der Waals surface area contributed by atoms with Crippen molar-refractivity contribution in [1.82, 2.24) is 4.98 Å². The zero-order valence-corrected chi connectivity index (χ0v) is 13.8. The van der Waals surface area contributed by atoms with Crippen LogP contribution < -0.4 is 5.32 Å². The lowest BCUT2D eigenvalue weighted by atomic mass is 10.3. The molecule has 104 valence electrons. The SMILES string of the molecule is CC(=O)c1sc(Nc2ccc(I)cc2Cl)nc1C(=O)O. The molecule has 20 heavy (non-hydrogen) atoms. The highest BCUT2D eigenvalue weighted by molar-refractivity contribution is 14.1. The van der Waals surface area contributed by atoms with Crippen LogP contribution in [0.25, 0.3) is 0 Å². The van der Waals surface area contributed by atoms with Crippen LogP contribution in [0, 0.1) is 3.57 Å². The van der Waals surface area contributed by atoms with Crippen LogP contribution in [0.15, 0.2) is 18.2 Å². The number of thiazole rings is 1. The molecule has 0 aliphatic rings. The minimum absolute atomic E-state index is 0.113. The van der Waals surface area contributed by atoms with Gasteiger partial charge >= 0.3 is 5.97 Å². The van der Waals surface area contributed by atoms with Crippen molar-refractivity contribution in [3.05, 3.63) is 37.4 Å². The van der Waals surface area contributed by atoms with Gasteiger partial charge in [0.05, 0.1) is 10.7 Å². The molecule has 0 amide bonds. The normalized spacial score (nSPS) is 10.3. The van der Waals surface area contributed by atoms with Crippen LogP contribution in [-0.4, -0.2) is 21.8 Å². The van der Waals surface area contributed by atoms with Gasteiger partial charge in [0, 0.05) is 10.5 Å². The lowest BCUT2D eigenvalue weighted by molar-refractivity contribution is 0.0687. The molecule has 1 aromatic carbocycles. The van der Waals surface area contributed by atoms with Crippen molar-refractivity contribution in [2.75, 3.05) is 5.32 Å². The average molecular weight is 423 g/mol. The topological polar surface area (TPSA) is 79.3 Å². The van der Waals surface area contributed by atoms with E-state index < -0.39 is 5.97 Å². The van der Waals surface area contributed by atoms with E-state index in [1.807, 2.05) is 6.07 Å². The van der Waals surface area contributed by atoms with E-state index in [1.54, 1.807) is 12.1 Å². The summed E-state index contributed by atoms with van der Waals surface area (Å²) in [6.45, 7) is 1.31. The molecule has 8 heteroatoms. The predicted molar refractivity (Wildman–Crippen MR) is 86.5 cm³/mol. The van der Waals surface area contributed by atoms with Gasteiger partial charge in [0.2, 0.25) is 0 Å². The number of ketones is 1. The molecule has 0 saturated carbocycles. The Hall–Kier alpha value is -1.19. The number of carboxylic acid groups (broad SMARTS) is 1. The second-order valence-electron chi connectivity index (χ2n) is 3.81. The highest BCUT2D eigenvalue weighted by atomic mass is 127. The zero-order valence-electron chi connectivity index (χ0n) is 10.1. The van der Waals surface area contributed by atoms with E-state index in [4.69, 9.17) is 16.7 Å². The number of aromatic carboxylic acids is 1. The second kappa shape index (κ2) is 6.06. The van der Waals surface area contributed by atoms with Crippen molar-refractivity contribution in [3.8, 4) is 0 Å². The third kappa shape index (κ3) is 3.28. The molecule has 0 radical (unpaired) electrons. The molecule has 2 N–H and O–H groups in total. The number of carbonyl (C=O) groups excluding carboxylic acids is 1. The molecule has 1 aromatic heterocycles. The number of rotatable bonds is 4. The monoisotopic (exact) mass is 422 g/mol. The first-order chi connectivity index (χ1) is 9.38. The molecule has 0 spiro atoms. The van der Waals surface area contributed by atoms with Crippen molar-refractivity contribution in [2.24, 2.45) is 0 Å². The molecule has 0 fully saturated rings. The first-order valence-electron chi connectivity index (χ1n) is 5.35. The maximum Gasteiger partial charge on any atom is 0.356 e. The molecule has 0 unspecified atom stereocenters. The van der Waals surface area contributed by atoms with Gasteiger partial charge in [-0.15, -0.1) is 0 Å². The van der Waals surface area contributed by atoms with Crippen molar-refractivity contribution in [1.29, 1.82) is 0 Å². The molecule has 5 nitrogen and oxygen atoms in total. The Kier molecular flexibility index (Phi) is 4.61. The lowest BCUT2D eigenvalue weighted by Crippen LogP contribution is -2.03. The number of carboxylic acids is 1. The summed E-state index contributed by atoms with van der Waals surface area (Å²) in [6.07, 6.45) is 0. The summed E-state index contributed by atoms with van der Waals surface area (Å²) in [5.41, 5.74) is 0.361. The Labute approximate surface area is 137 Å². The summed E-state index contributed by atoms with van der Waals surface area (Å²) in [5, 5.41) is 12.8. The van der Waals surface area contributed by atoms with Gasteiger partial charge in [0.1, 0.15) is 4.88 Å².